The molecule has 0 spiro atoms. The molecule has 0 radical (unpaired) electrons. The second kappa shape index (κ2) is 12.9. The molecule has 0 heterocycles. The van der Waals surface area contributed by atoms with E-state index in [1.807, 2.05) is 26.0 Å². The molecule has 0 aliphatic heterocycles. The van der Waals surface area contributed by atoms with E-state index in [9.17, 15) is 4.79 Å². The number of amides is 1. The highest BCUT2D eigenvalue weighted by Gasteiger charge is 2.08. The molecule has 1 amide bonds. The molecule has 6 nitrogen and oxygen atoms in total. The molecule has 0 saturated carbocycles. The quantitative estimate of drug-likeness (QED) is 0.240. The number of nitrogens with one attached hydrogen (secondary N) is 1. The third-order valence-electron chi connectivity index (χ3n) is 4.62. The number of nitrogens with zero attached hydrogens (tertiary/aromatic N) is 1. The Morgan fingerprint density at radius 2 is 1.71 bits per heavy atom. The number of halogens is 2. The van der Waals surface area contributed by atoms with Crippen LogP contribution in [0.25, 0.3) is 0 Å². The summed E-state index contributed by atoms with van der Waals surface area (Å²) in [6.07, 6.45) is 2.47. The Morgan fingerprint density at radius 1 is 0.912 bits per heavy atom. The predicted octanol–water partition coefficient (Wildman–Crippen LogP) is 6.52. The molecule has 0 atom stereocenters. The molecule has 0 fully saturated rings. The van der Waals surface area contributed by atoms with Crippen LogP contribution in [0.4, 0.5) is 0 Å². The highest BCUT2D eigenvalue weighted by molar-refractivity contribution is 6.42. The minimum atomic E-state index is -0.315. The first-order valence-corrected chi connectivity index (χ1v) is 11.7. The molecule has 34 heavy (non-hydrogen) atoms. The smallest absolute Gasteiger partial charge is 0.271 e. The van der Waals surface area contributed by atoms with Crippen molar-refractivity contribution in [2.75, 3.05) is 13.2 Å². The fraction of sp³-hybridized carbons (Fsp3) is 0.231. The van der Waals surface area contributed by atoms with E-state index in [1.165, 1.54) is 0 Å². The lowest BCUT2D eigenvalue weighted by Crippen LogP contribution is -2.17. The van der Waals surface area contributed by atoms with Crippen LogP contribution in [-0.2, 0) is 6.61 Å². The standard InChI is InChI=1S/C26H26Cl2N2O4/c1-3-13-33-21-9-7-20(8-10-21)26(31)30-29-16-18-6-12-24(25(15-18)32-4-2)34-17-19-5-11-22(27)23(28)14-19/h5-12,14-16H,3-4,13,17H2,1-2H3,(H,30,31)/b29-16-. The Hall–Kier alpha value is -3.22. The van der Waals surface area contributed by atoms with Gasteiger partial charge in [-0.25, -0.2) is 5.43 Å². The molecule has 3 aromatic rings. The second-order valence-electron chi connectivity index (χ2n) is 7.25. The van der Waals surface area contributed by atoms with Crippen molar-refractivity contribution >= 4 is 35.3 Å². The van der Waals surface area contributed by atoms with Crippen LogP contribution in [0, 0.1) is 0 Å². The molecular weight excluding hydrogens is 475 g/mol. The first-order valence-electron chi connectivity index (χ1n) is 10.9. The summed E-state index contributed by atoms with van der Waals surface area (Å²) in [6.45, 7) is 5.35. The van der Waals surface area contributed by atoms with Crippen molar-refractivity contribution in [1.29, 1.82) is 0 Å². The Balaban J connectivity index is 1.61. The fourth-order valence-electron chi connectivity index (χ4n) is 2.94. The number of hydrogen-bond donors (Lipinski definition) is 1. The van der Waals surface area contributed by atoms with Gasteiger partial charge in [0.25, 0.3) is 5.91 Å². The Morgan fingerprint density at radius 3 is 2.41 bits per heavy atom. The topological polar surface area (TPSA) is 69.2 Å². The van der Waals surface area contributed by atoms with Gasteiger partial charge in [0, 0.05) is 5.56 Å². The van der Waals surface area contributed by atoms with E-state index in [4.69, 9.17) is 37.4 Å². The van der Waals surface area contributed by atoms with Gasteiger partial charge in [0.05, 0.1) is 29.5 Å². The maximum atomic E-state index is 12.3. The zero-order valence-electron chi connectivity index (χ0n) is 19.0. The molecule has 8 heteroatoms. The summed E-state index contributed by atoms with van der Waals surface area (Å²) in [5, 5.41) is 5.02. The highest BCUT2D eigenvalue weighted by Crippen LogP contribution is 2.30. The number of benzene rings is 3. The van der Waals surface area contributed by atoms with Crippen LogP contribution in [0.15, 0.2) is 65.8 Å². The van der Waals surface area contributed by atoms with Crippen molar-refractivity contribution in [2.24, 2.45) is 5.10 Å². The summed E-state index contributed by atoms with van der Waals surface area (Å²) in [5.41, 5.74) is 4.64. The molecule has 3 aromatic carbocycles. The summed E-state index contributed by atoms with van der Waals surface area (Å²) < 4.78 is 17.1. The first kappa shape index (κ1) is 25.4. The third-order valence-corrected chi connectivity index (χ3v) is 5.35. The van der Waals surface area contributed by atoms with Crippen LogP contribution in [0.2, 0.25) is 10.0 Å². The Labute approximate surface area is 209 Å². The van der Waals surface area contributed by atoms with E-state index in [0.717, 1.165) is 23.3 Å². The molecule has 0 aromatic heterocycles. The van der Waals surface area contributed by atoms with E-state index in [2.05, 4.69) is 10.5 Å². The minimum Gasteiger partial charge on any atom is -0.494 e. The number of carbonyl (C=O) groups is 1. The molecule has 3 rings (SSSR count). The summed E-state index contributed by atoms with van der Waals surface area (Å²) in [4.78, 5) is 12.3. The third kappa shape index (κ3) is 7.40. The van der Waals surface area contributed by atoms with Gasteiger partial charge in [-0.1, -0.05) is 36.2 Å². The average molecular weight is 501 g/mol. The highest BCUT2D eigenvalue weighted by atomic mass is 35.5. The molecule has 0 unspecified atom stereocenters. The Kier molecular flexibility index (Phi) is 9.62. The van der Waals surface area contributed by atoms with Gasteiger partial charge in [-0.2, -0.15) is 5.10 Å². The molecule has 0 saturated heterocycles. The van der Waals surface area contributed by atoms with E-state index in [1.54, 1.807) is 54.7 Å². The molecule has 1 N–H and O–H groups in total. The molecular formula is C26H26Cl2N2O4. The van der Waals surface area contributed by atoms with Gasteiger partial charge in [-0.05, 0) is 79.1 Å². The van der Waals surface area contributed by atoms with Gasteiger partial charge in [0.2, 0.25) is 0 Å². The maximum absolute atomic E-state index is 12.3. The lowest BCUT2D eigenvalue weighted by atomic mass is 10.2. The van der Waals surface area contributed by atoms with E-state index in [-0.39, 0.29) is 5.91 Å². The van der Waals surface area contributed by atoms with Crippen molar-refractivity contribution in [1.82, 2.24) is 5.43 Å². The first-order chi connectivity index (χ1) is 16.5. The summed E-state index contributed by atoms with van der Waals surface area (Å²) in [6, 6.07) is 17.7. The minimum absolute atomic E-state index is 0.308. The number of rotatable bonds is 11. The largest absolute Gasteiger partial charge is 0.494 e. The second-order valence-corrected chi connectivity index (χ2v) is 8.06. The number of ether oxygens (including phenoxy) is 3. The summed E-state index contributed by atoms with van der Waals surface area (Å²) >= 11 is 12.0. The predicted molar refractivity (Wildman–Crippen MR) is 136 cm³/mol. The van der Waals surface area contributed by atoms with Gasteiger partial charge < -0.3 is 14.2 Å². The van der Waals surface area contributed by atoms with Crippen LogP contribution >= 0.6 is 23.2 Å². The summed E-state index contributed by atoms with van der Waals surface area (Å²) in [5.74, 6) is 1.57. The van der Waals surface area contributed by atoms with E-state index >= 15 is 0 Å². The van der Waals surface area contributed by atoms with Crippen LogP contribution in [0.5, 0.6) is 17.2 Å². The zero-order valence-corrected chi connectivity index (χ0v) is 20.5. The van der Waals surface area contributed by atoms with Gasteiger partial charge in [-0.3, -0.25) is 4.79 Å². The van der Waals surface area contributed by atoms with E-state index < -0.39 is 0 Å². The van der Waals surface area contributed by atoms with Crippen molar-refractivity contribution in [3.8, 4) is 17.2 Å². The summed E-state index contributed by atoms with van der Waals surface area (Å²) in [7, 11) is 0. The SMILES string of the molecule is CCCOc1ccc(C(=O)N/N=C\c2ccc(OCc3ccc(Cl)c(Cl)c3)c(OCC)c2)cc1. The monoisotopic (exact) mass is 500 g/mol. The van der Waals surface area contributed by atoms with Gasteiger partial charge >= 0.3 is 0 Å². The number of hydrazone groups is 1. The van der Waals surface area contributed by atoms with Crippen LogP contribution in [0.1, 0.15) is 41.8 Å². The average Bonchev–Trinajstić information content (AvgIpc) is 2.84. The van der Waals surface area contributed by atoms with Crippen molar-refractivity contribution in [3.63, 3.8) is 0 Å². The zero-order chi connectivity index (χ0) is 24.3. The molecule has 0 aliphatic carbocycles. The molecule has 0 aliphatic rings. The van der Waals surface area contributed by atoms with Crippen molar-refractivity contribution in [2.45, 2.75) is 26.9 Å². The molecule has 178 valence electrons. The fourth-order valence-corrected chi connectivity index (χ4v) is 3.26. The maximum Gasteiger partial charge on any atom is 0.271 e. The van der Waals surface area contributed by atoms with Crippen LogP contribution in [0.3, 0.4) is 0 Å². The van der Waals surface area contributed by atoms with E-state index in [0.29, 0.717) is 46.9 Å². The van der Waals surface area contributed by atoms with Gasteiger partial charge in [0.1, 0.15) is 12.4 Å². The van der Waals surface area contributed by atoms with Crippen molar-refractivity contribution < 1.29 is 19.0 Å². The number of carbonyl (C=O) groups excluding carboxylic acids is 1. The van der Waals surface area contributed by atoms with Crippen molar-refractivity contribution in [3.05, 3.63) is 87.4 Å². The Bertz CT molecular complexity index is 1130. The van der Waals surface area contributed by atoms with Gasteiger partial charge in [-0.15, -0.1) is 0 Å². The van der Waals surface area contributed by atoms with Crippen LogP contribution < -0.4 is 19.6 Å². The number of hydrogen-bond acceptors (Lipinski definition) is 5. The van der Waals surface area contributed by atoms with Crippen LogP contribution in [-0.4, -0.2) is 25.3 Å². The normalized spacial score (nSPS) is 10.8. The lowest BCUT2D eigenvalue weighted by Gasteiger charge is -2.13. The molecule has 0 bridgehead atoms. The lowest BCUT2D eigenvalue weighted by molar-refractivity contribution is 0.0955. The van der Waals surface area contributed by atoms with Gasteiger partial charge in [0.15, 0.2) is 11.5 Å².